The molecule has 36 heavy (non-hydrogen) atoms. The minimum atomic E-state index is -0.844. The van der Waals surface area contributed by atoms with Gasteiger partial charge in [0, 0.05) is 13.7 Å². The molecule has 0 spiro atoms. The van der Waals surface area contributed by atoms with Gasteiger partial charge in [0.05, 0.1) is 24.6 Å². The summed E-state index contributed by atoms with van der Waals surface area (Å²) in [6.45, 7) is 12.9. The van der Waals surface area contributed by atoms with E-state index < -0.39 is 47.9 Å². The lowest BCUT2D eigenvalue weighted by molar-refractivity contribution is -0.149. The summed E-state index contributed by atoms with van der Waals surface area (Å²) in [6.07, 6.45) is 0.875. The molecule has 0 rings (SSSR count). The normalized spacial score (nSPS) is 15.3. The highest BCUT2D eigenvalue weighted by Gasteiger charge is 2.22. The van der Waals surface area contributed by atoms with Gasteiger partial charge in [-0.1, -0.05) is 6.92 Å². The third-order valence-electron chi connectivity index (χ3n) is 4.83. The highest BCUT2D eigenvalue weighted by molar-refractivity contribution is 6.41. The number of hydrogen-bond acceptors (Lipinski definition) is 10. The second-order valence-corrected chi connectivity index (χ2v) is 8.18. The predicted octanol–water partition coefficient (Wildman–Crippen LogP) is 0.854. The van der Waals surface area contributed by atoms with Crippen LogP contribution in [0.5, 0.6) is 0 Å². The smallest absolute Gasteiger partial charge is 0.328 e. The molecule has 0 aliphatic heterocycles. The zero-order chi connectivity index (χ0) is 27.7. The zero-order valence-electron chi connectivity index (χ0n) is 22.7. The maximum absolute atomic E-state index is 12.4. The Labute approximate surface area is 213 Å². The SMILES string of the molecule is CCCOCCOC(=O)C(C)NC(=O)C(C)N=C(C)C(C)=NC(C)C(=O)NC(C)C(=O)OCCOC. The number of rotatable bonds is 17. The number of ether oxygens (including phenoxy) is 4. The molecule has 0 bridgehead atoms. The van der Waals surface area contributed by atoms with Crippen molar-refractivity contribution in [3.05, 3.63) is 0 Å². The van der Waals surface area contributed by atoms with E-state index in [0.717, 1.165) is 6.42 Å². The second kappa shape index (κ2) is 18.4. The van der Waals surface area contributed by atoms with Crippen molar-refractivity contribution >= 4 is 35.2 Å². The van der Waals surface area contributed by atoms with Crippen molar-refractivity contribution in [2.45, 2.75) is 79.1 Å². The van der Waals surface area contributed by atoms with Crippen molar-refractivity contribution in [1.82, 2.24) is 10.6 Å². The Balaban J connectivity index is 4.79. The number of nitrogens with one attached hydrogen (secondary N) is 2. The molecular formula is C24H42N4O8. The quantitative estimate of drug-likeness (QED) is 0.165. The fraction of sp³-hybridized carbons (Fsp3) is 0.750. The zero-order valence-corrected chi connectivity index (χ0v) is 22.7. The van der Waals surface area contributed by atoms with E-state index >= 15 is 0 Å². The van der Waals surface area contributed by atoms with E-state index in [2.05, 4.69) is 20.6 Å². The number of esters is 2. The van der Waals surface area contributed by atoms with Gasteiger partial charge in [0.1, 0.15) is 37.4 Å². The van der Waals surface area contributed by atoms with Gasteiger partial charge in [-0.3, -0.25) is 19.6 Å². The lowest BCUT2D eigenvalue weighted by Gasteiger charge is -2.16. The van der Waals surface area contributed by atoms with E-state index in [1.807, 2.05) is 6.92 Å². The minimum Gasteiger partial charge on any atom is -0.462 e. The molecule has 0 aromatic carbocycles. The van der Waals surface area contributed by atoms with Crippen LogP contribution in [0.15, 0.2) is 9.98 Å². The number of aliphatic imine (C=N–C) groups is 2. The Morgan fingerprint density at radius 2 is 1.11 bits per heavy atom. The molecule has 0 saturated carbocycles. The average Bonchev–Trinajstić information content (AvgIpc) is 2.83. The summed E-state index contributed by atoms with van der Waals surface area (Å²) in [5, 5.41) is 5.12. The molecule has 0 aliphatic carbocycles. The molecule has 12 nitrogen and oxygen atoms in total. The topological polar surface area (TPSA) is 154 Å². The molecule has 2 N–H and O–H groups in total. The van der Waals surface area contributed by atoms with Crippen LogP contribution in [0.1, 0.15) is 54.9 Å². The maximum atomic E-state index is 12.4. The number of amides is 2. The largest absolute Gasteiger partial charge is 0.462 e. The highest BCUT2D eigenvalue weighted by Crippen LogP contribution is 2.00. The molecule has 4 unspecified atom stereocenters. The number of methoxy groups -OCH3 is 1. The molecule has 0 aliphatic rings. The summed E-state index contributed by atoms with van der Waals surface area (Å²) < 4.78 is 20.1. The third-order valence-corrected chi connectivity index (χ3v) is 4.83. The van der Waals surface area contributed by atoms with Gasteiger partial charge in [-0.05, 0) is 48.0 Å². The van der Waals surface area contributed by atoms with Crippen LogP contribution < -0.4 is 10.6 Å². The van der Waals surface area contributed by atoms with Crippen LogP contribution in [-0.4, -0.2) is 99.5 Å². The Bertz CT molecular complexity index is 784. The first-order valence-corrected chi connectivity index (χ1v) is 12.0. The van der Waals surface area contributed by atoms with Crippen LogP contribution in [0.25, 0.3) is 0 Å². The van der Waals surface area contributed by atoms with Crippen molar-refractivity contribution in [3.8, 4) is 0 Å². The monoisotopic (exact) mass is 514 g/mol. The van der Waals surface area contributed by atoms with Gasteiger partial charge in [-0.15, -0.1) is 0 Å². The van der Waals surface area contributed by atoms with Crippen LogP contribution in [0.2, 0.25) is 0 Å². The summed E-state index contributed by atoms with van der Waals surface area (Å²) in [7, 11) is 1.49. The second-order valence-electron chi connectivity index (χ2n) is 8.18. The van der Waals surface area contributed by atoms with Crippen molar-refractivity contribution in [3.63, 3.8) is 0 Å². The number of carbonyl (C=O) groups is 4. The first-order chi connectivity index (χ1) is 16.9. The third kappa shape index (κ3) is 13.9. The molecule has 206 valence electrons. The summed E-state index contributed by atoms with van der Waals surface area (Å²) in [5.74, 6) is -2.06. The Morgan fingerprint density at radius 1 is 0.694 bits per heavy atom. The Hall–Kier alpha value is -2.86. The number of carbonyl (C=O) groups excluding carboxylic acids is 4. The van der Waals surface area contributed by atoms with Crippen LogP contribution in [0, 0.1) is 0 Å². The van der Waals surface area contributed by atoms with Crippen LogP contribution in [-0.2, 0) is 38.1 Å². The fourth-order valence-corrected chi connectivity index (χ4v) is 2.59. The van der Waals surface area contributed by atoms with E-state index in [-0.39, 0.29) is 19.8 Å². The predicted molar refractivity (Wildman–Crippen MR) is 135 cm³/mol. The van der Waals surface area contributed by atoms with Crippen LogP contribution >= 0.6 is 0 Å². The fourth-order valence-electron chi connectivity index (χ4n) is 2.59. The molecule has 2 amide bonds. The first-order valence-electron chi connectivity index (χ1n) is 12.0. The number of nitrogens with zero attached hydrogens (tertiary/aromatic N) is 2. The molecular weight excluding hydrogens is 472 g/mol. The highest BCUT2D eigenvalue weighted by atomic mass is 16.6. The van der Waals surface area contributed by atoms with Crippen molar-refractivity contribution in [2.24, 2.45) is 9.98 Å². The molecule has 0 fully saturated rings. The molecule has 0 saturated heterocycles. The molecule has 0 heterocycles. The number of hydrogen-bond donors (Lipinski definition) is 2. The summed E-state index contributed by atoms with van der Waals surface area (Å²) >= 11 is 0. The van der Waals surface area contributed by atoms with Gasteiger partial charge >= 0.3 is 11.9 Å². The van der Waals surface area contributed by atoms with E-state index in [4.69, 9.17) is 18.9 Å². The van der Waals surface area contributed by atoms with E-state index in [0.29, 0.717) is 24.6 Å². The van der Waals surface area contributed by atoms with Gasteiger partial charge < -0.3 is 29.6 Å². The van der Waals surface area contributed by atoms with E-state index in [1.165, 1.54) is 21.0 Å². The average molecular weight is 515 g/mol. The maximum Gasteiger partial charge on any atom is 0.328 e. The summed E-state index contributed by atoms with van der Waals surface area (Å²) in [5.41, 5.74) is 0.903. The molecule has 0 aromatic rings. The molecule has 4 atom stereocenters. The van der Waals surface area contributed by atoms with E-state index in [9.17, 15) is 19.2 Å². The van der Waals surface area contributed by atoms with E-state index in [1.54, 1.807) is 27.7 Å². The first kappa shape index (κ1) is 33.1. The molecule has 0 aromatic heterocycles. The van der Waals surface area contributed by atoms with Crippen LogP contribution in [0.4, 0.5) is 0 Å². The van der Waals surface area contributed by atoms with Gasteiger partial charge in [0.15, 0.2) is 0 Å². The van der Waals surface area contributed by atoms with Gasteiger partial charge in [-0.25, -0.2) is 9.59 Å². The van der Waals surface area contributed by atoms with Crippen molar-refractivity contribution in [2.75, 3.05) is 40.1 Å². The Kier molecular flexibility index (Phi) is 17.0. The van der Waals surface area contributed by atoms with Crippen molar-refractivity contribution in [1.29, 1.82) is 0 Å². The lowest BCUT2D eigenvalue weighted by atomic mass is 10.2. The Morgan fingerprint density at radius 3 is 1.50 bits per heavy atom. The van der Waals surface area contributed by atoms with Crippen LogP contribution in [0.3, 0.4) is 0 Å². The lowest BCUT2D eigenvalue weighted by Crippen LogP contribution is -2.44. The van der Waals surface area contributed by atoms with Crippen molar-refractivity contribution < 1.29 is 38.1 Å². The van der Waals surface area contributed by atoms with Gasteiger partial charge in [-0.2, -0.15) is 0 Å². The summed E-state index contributed by atoms with van der Waals surface area (Å²) in [4.78, 5) is 57.3. The minimum absolute atomic E-state index is 0.0950. The van der Waals surface area contributed by atoms with Gasteiger partial charge in [0.25, 0.3) is 0 Å². The summed E-state index contributed by atoms with van der Waals surface area (Å²) in [6, 6.07) is -3.29. The standard InChI is InChI=1S/C24H42N4O8/c1-9-10-34-12-14-36-24(32)20(7)28-22(30)18(5)26-16(3)15(2)25-17(4)21(29)27-19(6)23(31)35-13-11-33-8/h17-20H,9-14H2,1-8H3,(H,27,29)(H,28,30). The molecule has 0 radical (unpaired) electrons. The molecule has 12 heteroatoms. The van der Waals surface area contributed by atoms with Gasteiger partial charge in [0.2, 0.25) is 11.8 Å².